The van der Waals surface area contributed by atoms with Gasteiger partial charge in [-0.05, 0) is 49.8 Å². The van der Waals surface area contributed by atoms with Gasteiger partial charge in [0.05, 0.1) is 22.6 Å². The highest BCUT2D eigenvalue weighted by Gasteiger charge is 2.31. The molecule has 0 aliphatic heterocycles. The predicted octanol–water partition coefficient (Wildman–Crippen LogP) is 0.539. The van der Waals surface area contributed by atoms with Crippen molar-refractivity contribution >= 4 is 32.6 Å². The third-order valence-corrected chi connectivity index (χ3v) is 7.30. The summed E-state index contributed by atoms with van der Waals surface area (Å²) in [4.78, 5) is 36.0. The first kappa shape index (κ1) is 21.0. The number of sulfone groups is 1. The minimum absolute atomic E-state index is 0.0236. The minimum atomic E-state index is -3.67. The average molecular weight is 446 g/mol. The SMILES string of the molecule is Cc1cnc2nc(-n3c(C)cc(S(=O)(=O)CC4CC4)c(N)c3=O)[nH]c2c1CC(=O)NO. The van der Waals surface area contributed by atoms with Crippen LogP contribution in [0.25, 0.3) is 17.1 Å². The Kier molecular flexibility index (Phi) is 5.06. The molecule has 0 bridgehead atoms. The molecule has 3 aromatic rings. The molecule has 1 aliphatic carbocycles. The largest absolute Gasteiger partial charge is 0.393 e. The molecule has 3 aromatic heterocycles. The standard InChI is InChI=1S/C19H22N6O5S/c1-9-7-21-17-16(12(9)6-14(26)24-28)22-19(23-17)25-10(2)5-13(15(20)18(25)27)31(29,30)8-11-3-4-11/h5,7,11,28H,3-4,6,8,20H2,1-2H3,(H,24,26)(H,21,22,23). The van der Waals surface area contributed by atoms with E-state index in [1.807, 2.05) is 0 Å². The number of amides is 1. The number of hydrogen-bond acceptors (Lipinski definition) is 8. The van der Waals surface area contributed by atoms with Crippen molar-refractivity contribution in [1.82, 2.24) is 25.0 Å². The number of pyridine rings is 2. The van der Waals surface area contributed by atoms with Crippen molar-refractivity contribution in [3.63, 3.8) is 0 Å². The lowest BCUT2D eigenvalue weighted by Gasteiger charge is -2.12. The number of aromatic amines is 1. The first-order valence-corrected chi connectivity index (χ1v) is 11.3. The van der Waals surface area contributed by atoms with E-state index in [2.05, 4.69) is 15.0 Å². The Morgan fingerprint density at radius 2 is 2.10 bits per heavy atom. The molecule has 0 aromatic carbocycles. The molecule has 12 heteroatoms. The number of nitrogen functional groups attached to an aromatic ring is 1. The number of nitrogens with two attached hydrogens (primary N) is 1. The van der Waals surface area contributed by atoms with E-state index in [1.54, 1.807) is 19.3 Å². The lowest BCUT2D eigenvalue weighted by atomic mass is 10.1. The van der Waals surface area contributed by atoms with Gasteiger partial charge in [0.25, 0.3) is 5.56 Å². The van der Waals surface area contributed by atoms with Gasteiger partial charge < -0.3 is 10.7 Å². The van der Waals surface area contributed by atoms with Gasteiger partial charge in [-0.25, -0.2) is 23.4 Å². The molecule has 1 aliphatic rings. The Bertz CT molecular complexity index is 1370. The van der Waals surface area contributed by atoms with Crippen molar-refractivity contribution in [3.05, 3.63) is 39.4 Å². The number of aromatic nitrogens is 4. The second kappa shape index (κ2) is 7.46. The molecule has 0 atom stereocenters. The van der Waals surface area contributed by atoms with Crippen LogP contribution < -0.4 is 16.8 Å². The number of H-pyrrole nitrogens is 1. The van der Waals surface area contributed by atoms with Crippen LogP contribution in [0.4, 0.5) is 5.69 Å². The Morgan fingerprint density at radius 1 is 1.39 bits per heavy atom. The van der Waals surface area contributed by atoms with Gasteiger partial charge in [0.2, 0.25) is 11.9 Å². The number of aryl methyl sites for hydroxylation is 2. The van der Waals surface area contributed by atoms with Gasteiger partial charge in [-0.3, -0.25) is 14.8 Å². The smallest absolute Gasteiger partial charge is 0.282 e. The lowest BCUT2D eigenvalue weighted by molar-refractivity contribution is -0.128. The highest BCUT2D eigenvalue weighted by atomic mass is 32.2. The van der Waals surface area contributed by atoms with E-state index >= 15 is 0 Å². The van der Waals surface area contributed by atoms with Gasteiger partial charge in [0.15, 0.2) is 15.5 Å². The number of rotatable bonds is 6. The maximum absolute atomic E-state index is 13.0. The van der Waals surface area contributed by atoms with Crippen LogP contribution in [-0.4, -0.2) is 44.8 Å². The monoisotopic (exact) mass is 446 g/mol. The van der Waals surface area contributed by atoms with E-state index in [0.29, 0.717) is 22.3 Å². The molecule has 0 radical (unpaired) electrons. The van der Waals surface area contributed by atoms with Crippen LogP contribution in [0, 0.1) is 19.8 Å². The molecule has 5 N–H and O–H groups in total. The molecule has 0 spiro atoms. The highest BCUT2D eigenvalue weighted by Crippen LogP contribution is 2.33. The van der Waals surface area contributed by atoms with E-state index in [9.17, 15) is 18.0 Å². The van der Waals surface area contributed by atoms with Crippen molar-refractivity contribution in [3.8, 4) is 5.95 Å². The normalized spacial score (nSPS) is 14.2. The van der Waals surface area contributed by atoms with E-state index < -0.39 is 21.3 Å². The number of nitrogens with zero attached hydrogens (tertiary/aromatic N) is 3. The van der Waals surface area contributed by atoms with Gasteiger partial charge in [0, 0.05) is 11.9 Å². The minimum Gasteiger partial charge on any atom is -0.393 e. The summed E-state index contributed by atoms with van der Waals surface area (Å²) in [7, 11) is -3.67. The Labute approximate surface area is 177 Å². The van der Waals surface area contributed by atoms with Gasteiger partial charge >= 0.3 is 0 Å². The summed E-state index contributed by atoms with van der Waals surface area (Å²) < 4.78 is 26.6. The fraction of sp³-hybridized carbons (Fsp3) is 0.368. The zero-order valence-corrected chi connectivity index (χ0v) is 17.8. The van der Waals surface area contributed by atoms with Crippen LogP contribution in [0.15, 0.2) is 22.0 Å². The molecule has 3 heterocycles. The molecule has 1 saturated carbocycles. The van der Waals surface area contributed by atoms with Crippen LogP contribution in [0.3, 0.4) is 0 Å². The predicted molar refractivity (Wildman–Crippen MR) is 112 cm³/mol. The molecule has 1 fully saturated rings. The van der Waals surface area contributed by atoms with Gasteiger partial charge in [-0.2, -0.15) is 4.98 Å². The number of nitrogens with one attached hydrogen (secondary N) is 2. The fourth-order valence-electron chi connectivity index (χ4n) is 3.55. The molecule has 0 saturated heterocycles. The molecule has 164 valence electrons. The van der Waals surface area contributed by atoms with Gasteiger partial charge in [0.1, 0.15) is 5.69 Å². The highest BCUT2D eigenvalue weighted by molar-refractivity contribution is 7.91. The van der Waals surface area contributed by atoms with Crippen LogP contribution in [-0.2, 0) is 21.1 Å². The molecule has 11 nitrogen and oxygen atoms in total. The van der Waals surface area contributed by atoms with E-state index in [1.165, 1.54) is 16.8 Å². The third-order valence-electron chi connectivity index (χ3n) is 5.38. The number of hydrogen-bond donors (Lipinski definition) is 4. The summed E-state index contributed by atoms with van der Waals surface area (Å²) in [5.74, 6) is -0.426. The topological polar surface area (TPSA) is 173 Å². The lowest BCUT2D eigenvalue weighted by Crippen LogP contribution is -2.27. The molecule has 0 unspecified atom stereocenters. The van der Waals surface area contributed by atoms with Gasteiger partial charge in [-0.15, -0.1) is 0 Å². The van der Waals surface area contributed by atoms with Crippen molar-refractivity contribution < 1.29 is 18.4 Å². The Hall–Kier alpha value is -3.25. The Morgan fingerprint density at radius 3 is 2.74 bits per heavy atom. The van der Waals surface area contributed by atoms with Crippen LogP contribution in [0.2, 0.25) is 0 Å². The molecular formula is C19H22N6O5S. The van der Waals surface area contributed by atoms with Crippen LogP contribution in [0.5, 0.6) is 0 Å². The second-order valence-corrected chi connectivity index (χ2v) is 9.82. The zero-order chi connectivity index (χ0) is 22.5. The number of carbonyl (C=O) groups excluding carboxylic acids is 1. The van der Waals surface area contributed by atoms with Crippen LogP contribution in [0.1, 0.15) is 29.7 Å². The number of anilines is 1. The molecular weight excluding hydrogens is 424 g/mol. The van der Waals surface area contributed by atoms with E-state index in [0.717, 1.165) is 12.8 Å². The van der Waals surface area contributed by atoms with Crippen molar-refractivity contribution in [1.29, 1.82) is 0 Å². The first-order chi connectivity index (χ1) is 14.6. The maximum atomic E-state index is 13.0. The summed E-state index contributed by atoms with van der Waals surface area (Å²) in [5, 5.41) is 8.85. The van der Waals surface area contributed by atoms with Crippen LogP contribution >= 0.6 is 0 Å². The summed E-state index contributed by atoms with van der Waals surface area (Å²) in [6.07, 6.45) is 3.12. The van der Waals surface area contributed by atoms with E-state index in [4.69, 9.17) is 10.9 Å². The molecule has 31 heavy (non-hydrogen) atoms. The van der Waals surface area contributed by atoms with Crippen molar-refractivity contribution in [2.45, 2.75) is 38.0 Å². The summed E-state index contributed by atoms with van der Waals surface area (Å²) in [6.45, 7) is 3.34. The summed E-state index contributed by atoms with van der Waals surface area (Å²) in [5.41, 5.74) is 8.73. The number of carbonyl (C=O) groups is 1. The average Bonchev–Trinajstić information content (AvgIpc) is 3.41. The Balaban J connectivity index is 1.85. The second-order valence-electron chi connectivity index (χ2n) is 7.82. The fourth-order valence-corrected chi connectivity index (χ4v) is 5.45. The van der Waals surface area contributed by atoms with Crippen molar-refractivity contribution in [2.24, 2.45) is 5.92 Å². The number of fused-ring (bicyclic) bond motifs is 1. The van der Waals surface area contributed by atoms with E-state index in [-0.39, 0.29) is 40.3 Å². The summed E-state index contributed by atoms with van der Waals surface area (Å²) >= 11 is 0. The maximum Gasteiger partial charge on any atom is 0.282 e. The zero-order valence-electron chi connectivity index (χ0n) is 17.0. The van der Waals surface area contributed by atoms with Crippen molar-refractivity contribution in [2.75, 3.05) is 11.5 Å². The molecule has 1 amide bonds. The van der Waals surface area contributed by atoms with Gasteiger partial charge in [-0.1, -0.05) is 0 Å². The third kappa shape index (κ3) is 3.79. The summed E-state index contributed by atoms with van der Waals surface area (Å²) in [6, 6.07) is 1.38. The number of imidazole rings is 1. The first-order valence-electron chi connectivity index (χ1n) is 9.64. The number of hydroxylamine groups is 1. The molecule has 4 rings (SSSR count). The quantitative estimate of drug-likeness (QED) is 0.313.